The minimum Gasteiger partial charge on any atom is -0.368 e. The summed E-state index contributed by atoms with van der Waals surface area (Å²) in [5.41, 5.74) is 2.73. The van der Waals surface area contributed by atoms with Crippen LogP contribution < -0.4 is 10.2 Å². The van der Waals surface area contributed by atoms with Crippen LogP contribution in [0.3, 0.4) is 0 Å². The highest BCUT2D eigenvalue weighted by Gasteiger charge is 2.34. The number of Topliss-reactive ketones (excluding diaryl/α,β-unsaturated/α-hetero) is 1. The van der Waals surface area contributed by atoms with Crippen molar-refractivity contribution >= 4 is 29.0 Å². The average Bonchev–Trinajstić information content (AvgIpc) is 2.72. The van der Waals surface area contributed by atoms with Crippen LogP contribution in [-0.4, -0.2) is 48.7 Å². The lowest BCUT2D eigenvalue weighted by atomic mass is 9.89. The highest BCUT2D eigenvalue weighted by atomic mass is 19.1. The Kier molecular flexibility index (Phi) is 5.05. The van der Waals surface area contributed by atoms with E-state index in [0.717, 1.165) is 5.69 Å². The fourth-order valence-corrected chi connectivity index (χ4v) is 3.97. The van der Waals surface area contributed by atoms with Crippen LogP contribution in [0.4, 0.5) is 15.8 Å². The molecule has 6 nitrogen and oxygen atoms in total. The maximum Gasteiger partial charge on any atom is 0.230 e. The van der Waals surface area contributed by atoms with Gasteiger partial charge in [0.15, 0.2) is 5.78 Å². The molecule has 0 spiro atoms. The van der Waals surface area contributed by atoms with Gasteiger partial charge < -0.3 is 15.1 Å². The Morgan fingerprint density at radius 2 is 1.72 bits per heavy atom. The third kappa shape index (κ3) is 3.85. The predicted molar refractivity (Wildman–Crippen MR) is 108 cm³/mol. The van der Waals surface area contributed by atoms with Gasteiger partial charge in [-0.15, -0.1) is 0 Å². The highest BCUT2D eigenvalue weighted by Crippen LogP contribution is 2.34. The highest BCUT2D eigenvalue weighted by molar-refractivity contribution is 6.01. The molecule has 2 aromatic carbocycles. The number of fused-ring (bicyclic) bond motifs is 1. The first-order valence-corrected chi connectivity index (χ1v) is 9.66. The van der Waals surface area contributed by atoms with E-state index in [1.54, 1.807) is 11.0 Å². The summed E-state index contributed by atoms with van der Waals surface area (Å²) in [6, 6.07) is 11.6. The first-order chi connectivity index (χ1) is 13.9. The van der Waals surface area contributed by atoms with Crippen molar-refractivity contribution < 1.29 is 18.8 Å². The van der Waals surface area contributed by atoms with Crippen molar-refractivity contribution in [1.82, 2.24) is 4.90 Å². The van der Waals surface area contributed by atoms with Gasteiger partial charge in [0.1, 0.15) is 5.82 Å². The molecule has 2 amide bonds. The van der Waals surface area contributed by atoms with Crippen molar-refractivity contribution in [2.45, 2.75) is 19.3 Å². The van der Waals surface area contributed by atoms with Gasteiger partial charge >= 0.3 is 0 Å². The number of halogens is 1. The monoisotopic (exact) mass is 395 g/mol. The van der Waals surface area contributed by atoms with Gasteiger partial charge in [0, 0.05) is 49.5 Å². The Labute approximate surface area is 168 Å². The quantitative estimate of drug-likeness (QED) is 0.812. The number of carbonyl (C=O) groups is 3. The van der Waals surface area contributed by atoms with Gasteiger partial charge in [-0.05, 0) is 48.9 Å². The molecule has 29 heavy (non-hydrogen) atoms. The van der Waals surface area contributed by atoms with Crippen molar-refractivity contribution in [3.63, 3.8) is 0 Å². The molecule has 7 heteroatoms. The van der Waals surface area contributed by atoms with E-state index in [1.807, 2.05) is 24.3 Å². The van der Waals surface area contributed by atoms with Crippen LogP contribution in [0.2, 0.25) is 0 Å². The maximum atomic E-state index is 13.5. The topological polar surface area (TPSA) is 69.7 Å². The molecule has 2 aromatic rings. The number of hydrogen-bond acceptors (Lipinski definition) is 4. The van der Waals surface area contributed by atoms with Crippen LogP contribution in [-0.2, 0) is 9.59 Å². The van der Waals surface area contributed by atoms with Gasteiger partial charge in [0.2, 0.25) is 11.8 Å². The van der Waals surface area contributed by atoms with Gasteiger partial charge in [0.25, 0.3) is 0 Å². The second-order valence-electron chi connectivity index (χ2n) is 7.45. The second-order valence-corrected chi connectivity index (χ2v) is 7.45. The normalized spacial score (nSPS) is 18.8. The number of nitrogens with zero attached hydrogens (tertiary/aromatic N) is 2. The lowest BCUT2D eigenvalue weighted by Gasteiger charge is -2.38. The molecule has 150 valence electrons. The van der Waals surface area contributed by atoms with E-state index in [0.29, 0.717) is 43.0 Å². The van der Waals surface area contributed by atoms with Crippen molar-refractivity contribution in [3.8, 4) is 0 Å². The Morgan fingerprint density at radius 3 is 2.38 bits per heavy atom. The van der Waals surface area contributed by atoms with E-state index in [-0.39, 0.29) is 24.0 Å². The SMILES string of the molecule is CC(=O)c1ccc(N2CCN(C(=O)C3CC(=O)Nc4cc(F)ccc43)CC2)cc1. The van der Waals surface area contributed by atoms with Gasteiger partial charge in [0.05, 0.1) is 5.92 Å². The van der Waals surface area contributed by atoms with Crippen molar-refractivity contribution in [2.24, 2.45) is 0 Å². The van der Waals surface area contributed by atoms with Crippen LogP contribution >= 0.6 is 0 Å². The van der Waals surface area contributed by atoms with Crippen molar-refractivity contribution in [2.75, 3.05) is 36.4 Å². The first-order valence-electron chi connectivity index (χ1n) is 9.66. The summed E-state index contributed by atoms with van der Waals surface area (Å²) >= 11 is 0. The number of rotatable bonds is 3. The lowest BCUT2D eigenvalue weighted by molar-refractivity contribution is -0.135. The second kappa shape index (κ2) is 7.66. The van der Waals surface area contributed by atoms with E-state index >= 15 is 0 Å². The molecule has 1 atom stereocenters. The van der Waals surface area contributed by atoms with Gasteiger partial charge in [-0.2, -0.15) is 0 Å². The van der Waals surface area contributed by atoms with E-state index < -0.39 is 11.7 Å². The van der Waals surface area contributed by atoms with Gasteiger partial charge in [-0.25, -0.2) is 4.39 Å². The predicted octanol–water partition coefficient (Wildman–Crippen LogP) is 2.80. The fourth-order valence-electron chi connectivity index (χ4n) is 3.97. The van der Waals surface area contributed by atoms with Crippen LogP contribution in [0.15, 0.2) is 42.5 Å². The van der Waals surface area contributed by atoms with Crippen LogP contribution in [0.1, 0.15) is 35.2 Å². The summed E-state index contributed by atoms with van der Waals surface area (Å²) in [6.45, 7) is 3.96. The first kappa shape index (κ1) is 19.1. The number of hydrogen-bond donors (Lipinski definition) is 1. The summed E-state index contributed by atoms with van der Waals surface area (Å²) in [5.74, 6) is -1.36. The number of amides is 2. The average molecular weight is 395 g/mol. The van der Waals surface area contributed by atoms with Crippen LogP contribution in [0.25, 0.3) is 0 Å². The molecule has 2 aliphatic rings. The zero-order valence-electron chi connectivity index (χ0n) is 16.2. The lowest BCUT2D eigenvalue weighted by Crippen LogP contribution is -2.50. The minimum absolute atomic E-state index is 0.0312. The molecule has 2 heterocycles. The molecular weight excluding hydrogens is 373 g/mol. The zero-order chi connectivity index (χ0) is 20.5. The van der Waals surface area contributed by atoms with Gasteiger partial charge in [-0.1, -0.05) is 6.07 Å². The van der Waals surface area contributed by atoms with E-state index in [9.17, 15) is 18.8 Å². The summed E-state index contributed by atoms with van der Waals surface area (Å²) in [5, 5.41) is 2.65. The van der Waals surface area contributed by atoms with Crippen LogP contribution in [0.5, 0.6) is 0 Å². The Hall–Kier alpha value is -3.22. The number of ketones is 1. The van der Waals surface area contributed by atoms with E-state index in [1.165, 1.54) is 19.1 Å². The number of benzene rings is 2. The van der Waals surface area contributed by atoms with Gasteiger partial charge in [-0.3, -0.25) is 14.4 Å². The smallest absolute Gasteiger partial charge is 0.230 e. The zero-order valence-corrected chi connectivity index (χ0v) is 16.2. The molecule has 0 aliphatic carbocycles. The molecule has 0 aromatic heterocycles. The minimum atomic E-state index is -0.583. The summed E-state index contributed by atoms with van der Waals surface area (Å²) < 4.78 is 13.5. The summed E-state index contributed by atoms with van der Waals surface area (Å²) in [4.78, 5) is 40.5. The molecule has 1 unspecified atom stereocenters. The molecule has 2 aliphatic heterocycles. The molecule has 1 N–H and O–H groups in total. The molecule has 1 fully saturated rings. The number of nitrogens with one attached hydrogen (secondary N) is 1. The molecule has 0 radical (unpaired) electrons. The number of anilines is 2. The molecule has 0 bridgehead atoms. The largest absolute Gasteiger partial charge is 0.368 e. The summed E-state index contributed by atoms with van der Waals surface area (Å²) in [6.07, 6.45) is 0.0736. The third-order valence-electron chi connectivity index (χ3n) is 5.58. The van der Waals surface area contributed by atoms with Crippen molar-refractivity contribution in [3.05, 3.63) is 59.4 Å². The van der Waals surface area contributed by atoms with E-state index in [4.69, 9.17) is 0 Å². The molecular formula is C22H22FN3O3. The molecule has 4 rings (SSSR count). The third-order valence-corrected chi connectivity index (χ3v) is 5.58. The van der Waals surface area contributed by atoms with Crippen LogP contribution in [0, 0.1) is 5.82 Å². The molecule has 0 saturated carbocycles. The summed E-state index contributed by atoms with van der Waals surface area (Å²) in [7, 11) is 0. The number of piperazine rings is 1. The standard InChI is InChI=1S/C22H22FN3O3/c1-14(27)15-2-5-17(6-3-15)25-8-10-26(11-9-25)22(29)19-13-21(28)24-20-12-16(23)4-7-18(19)20/h2-7,12,19H,8-11,13H2,1H3,(H,24,28). The maximum absolute atomic E-state index is 13.5. The van der Waals surface area contributed by atoms with E-state index in [2.05, 4.69) is 10.2 Å². The Bertz CT molecular complexity index is 966. The Morgan fingerprint density at radius 1 is 1.03 bits per heavy atom. The Balaban J connectivity index is 1.44. The molecule has 1 saturated heterocycles. The number of carbonyl (C=O) groups excluding carboxylic acids is 3. The van der Waals surface area contributed by atoms with Crippen molar-refractivity contribution in [1.29, 1.82) is 0 Å². The fraction of sp³-hybridized carbons (Fsp3) is 0.318.